The average Bonchev–Trinajstić information content (AvgIpc) is 2.45. The van der Waals surface area contributed by atoms with Crippen molar-refractivity contribution >= 4 is 12.4 Å². The molecule has 7 nitrogen and oxygen atoms in total. The normalized spacial score (nSPS) is 23.3. The second kappa shape index (κ2) is 4.07. The lowest BCUT2D eigenvalue weighted by Crippen LogP contribution is -2.32. The predicted molar refractivity (Wildman–Crippen MR) is 39.8 cm³/mol. The standard InChI is InChI=1S/C7H8O7/c8-1-3(10)5-6(13-2-9)4(11)7(12)14-5/h2-3,5,8,10-11H,1H2/t3-,5+/m0/s1. The quantitative estimate of drug-likeness (QED) is 0.366. The molecule has 0 unspecified atom stereocenters. The monoisotopic (exact) mass is 204 g/mol. The van der Waals surface area contributed by atoms with Gasteiger partial charge in [0.2, 0.25) is 5.76 Å². The van der Waals surface area contributed by atoms with Crippen LogP contribution in [0.15, 0.2) is 11.5 Å². The van der Waals surface area contributed by atoms with Gasteiger partial charge in [0.25, 0.3) is 6.47 Å². The molecule has 0 fully saturated rings. The first kappa shape index (κ1) is 10.5. The van der Waals surface area contributed by atoms with Crippen molar-refractivity contribution in [3.63, 3.8) is 0 Å². The lowest BCUT2D eigenvalue weighted by Gasteiger charge is -2.15. The van der Waals surface area contributed by atoms with E-state index in [0.29, 0.717) is 0 Å². The summed E-state index contributed by atoms with van der Waals surface area (Å²) in [7, 11) is 0. The first-order chi connectivity index (χ1) is 6.61. The van der Waals surface area contributed by atoms with E-state index in [0.717, 1.165) is 0 Å². The third kappa shape index (κ3) is 1.68. The number of aliphatic hydroxyl groups is 3. The second-order valence-electron chi connectivity index (χ2n) is 2.50. The number of rotatable bonds is 4. The lowest BCUT2D eigenvalue weighted by atomic mass is 10.2. The fourth-order valence-electron chi connectivity index (χ4n) is 0.984. The molecule has 1 aliphatic heterocycles. The second-order valence-corrected chi connectivity index (χ2v) is 2.50. The van der Waals surface area contributed by atoms with E-state index in [1.165, 1.54) is 0 Å². The molecule has 2 atom stereocenters. The number of hydrogen-bond donors (Lipinski definition) is 3. The minimum absolute atomic E-state index is 0.0232. The van der Waals surface area contributed by atoms with Crippen molar-refractivity contribution < 1.29 is 34.4 Å². The summed E-state index contributed by atoms with van der Waals surface area (Å²) in [6.45, 7) is -0.721. The molecule has 0 aromatic heterocycles. The average molecular weight is 204 g/mol. The van der Waals surface area contributed by atoms with Crippen LogP contribution in [0, 0.1) is 0 Å². The van der Waals surface area contributed by atoms with Gasteiger partial charge in [-0.1, -0.05) is 0 Å². The molecule has 0 saturated carbocycles. The van der Waals surface area contributed by atoms with E-state index >= 15 is 0 Å². The van der Waals surface area contributed by atoms with Crippen LogP contribution in [-0.2, 0) is 19.1 Å². The van der Waals surface area contributed by atoms with Crippen LogP contribution in [0.25, 0.3) is 0 Å². The minimum atomic E-state index is -1.45. The van der Waals surface area contributed by atoms with Gasteiger partial charge in [-0.2, -0.15) is 0 Å². The van der Waals surface area contributed by atoms with Crippen molar-refractivity contribution in [1.82, 2.24) is 0 Å². The minimum Gasteiger partial charge on any atom is -0.499 e. The van der Waals surface area contributed by atoms with Gasteiger partial charge < -0.3 is 24.8 Å². The fraction of sp³-hybridized carbons (Fsp3) is 0.429. The number of carbonyl (C=O) groups excluding carboxylic acids is 2. The van der Waals surface area contributed by atoms with Gasteiger partial charge >= 0.3 is 5.97 Å². The Kier molecular flexibility index (Phi) is 3.05. The maximum absolute atomic E-state index is 10.8. The third-order valence-electron chi connectivity index (χ3n) is 1.63. The number of esters is 1. The third-order valence-corrected chi connectivity index (χ3v) is 1.63. The summed E-state index contributed by atoms with van der Waals surface area (Å²) in [5.41, 5.74) is 0. The molecular weight excluding hydrogens is 196 g/mol. The highest BCUT2D eigenvalue weighted by Gasteiger charge is 2.40. The summed E-state index contributed by atoms with van der Waals surface area (Å²) in [6.07, 6.45) is -2.80. The Morgan fingerprint density at radius 1 is 1.64 bits per heavy atom. The molecule has 78 valence electrons. The van der Waals surface area contributed by atoms with Crippen LogP contribution in [0.5, 0.6) is 0 Å². The molecule has 0 bridgehead atoms. The highest BCUT2D eigenvalue weighted by Crippen LogP contribution is 2.23. The molecular formula is C7H8O7. The Morgan fingerprint density at radius 3 is 2.79 bits per heavy atom. The van der Waals surface area contributed by atoms with Crippen LogP contribution in [-0.4, -0.2) is 46.6 Å². The van der Waals surface area contributed by atoms with E-state index in [1.54, 1.807) is 0 Å². The smallest absolute Gasteiger partial charge is 0.378 e. The molecule has 0 radical (unpaired) electrons. The van der Waals surface area contributed by atoms with E-state index in [4.69, 9.17) is 15.3 Å². The summed E-state index contributed by atoms with van der Waals surface area (Å²) < 4.78 is 8.69. The van der Waals surface area contributed by atoms with E-state index in [1.807, 2.05) is 0 Å². The first-order valence-corrected chi connectivity index (χ1v) is 3.65. The Hall–Kier alpha value is -1.60. The van der Waals surface area contributed by atoms with Gasteiger partial charge in [-0.25, -0.2) is 4.79 Å². The van der Waals surface area contributed by atoms with Gasteiger partial charge in [-0.15, -0.1) is 0 Å². The molecule has 1 aliphatic rings. The molecule has 3 N–H and O–H groups in total. The number of cyclic esters (lactones) is 1. The Labute approximate surface area is 78.2 Å². The van der Waals surface area contributed by atoms with E-state index in [-0.39, 0.29) is 6.47 Å². The van der Waals surface area contributed by atoms with Gasteiger partial charge in [0.05, 0.1) is 6.61 Å². The molecule has 1 rings (SSSR count). The Morgan fingerprint density at radius 2 is 2.29 bits per heavy atom. The van der Waals surface area contributed by atoms with Crippen molar-refractivity contribution in [2.75, 3.05) is 6.61 Å². The molecule has 0 spiro atoms. The maximum atomic E-state index is 10.8. The van der Waals surface area contributed by atoms with Crippen molar-refractivity contribution in [2.24, 2.45) is 0 Å². The zero-order valence-electron chi connectivity index (χ0n) is 6.91. The molecule has 14 heavy (non-hydrogen) atoms. The van der Waals surface area contributed by atoms with Crippen molar-refractivity contribution in [2.45, 2.75) is 12.2 Å². The molecule has 0 saturated heterocycles. The first-order valence-electron chi connectivity index (χ1n) is 3.65. The number of aliphatic hydroxyl groups excluding tert-OH is 3. The zero-order chi connectivity index (χ0) is 10.7. The fourth-order valence-corrected chi connectivity index (χ4v) is 0.984. The summed E-state index contributed by atoms with van der Waals surface area (Å²) >= 11 is 0. The highest BCUT2D eigenvalue weighted by atomic mass is 16.6. The van der Waals surface area contributed by atoms with Gasteiger partial charge in [0.1, 0.15) is 6.10 Å². The summed E-state index contributed by atoms with van der Waals surface area (Å²) in [5, 5.41) is 26.7. The van der Waals surface area contributed by atoms with Crippen LogP contribution in [0.1, 0.15) is 0 Å². The van der Waals surface area contributed by atoms with Crippen molar-refractivity contribution in [1.29, 1.82) is 0 Å². The van der Waals surface area contributed by atoms with Gasteiger partial charge in [-0.3, -0.25) is 4.79 Å². The molecule has 0 aromatic rings. The Balaban J connectivity index is 2.89. The van der Waals surface area contributed by atoms with E-state index in [2.05, 4.69) is 9.47 Å². The van der Waals surface area contributed by atoms with Gasteiger partial charge in [0, 0.05) is 0 Å². The number of hydrogen-bond acceptors (Lipinski definition) is 7. The van der Waals surface area contributed by atoms with Crippen molar-refractivity contribution in [3.05, 3.63) is 11.5 Å². The zero-order valence-corrected chi connectivity index (χ0v) is 6.91. The van der Waals surface area contributed by atoms with Crippen LogP contribution in [0.2, 0.25) is 0 Å². The van der Waals surface area contributed by atoms with Gasteiger partial charge in [0.15, 0.2) is 11.9 Å². The van der Waals surface area contributed by atoms with Gasteiger partial charge in [-0.05, 0) is 0 Å². The van der Waals surface area contributed by atoms with Crippen molar-refractivity contribution in [3.8, 4) is 0 Å². The van der Waals surface area contributed by atoms with Crippen LogP contribution in [0.4, 0.5) is 0 Å². The lowest BCUT2D eigenvalue weighted by molar-refractivity contribution is -0.149. The summed E-state index contributed by atoms with van der Waals surface area (Å²) in [6, 6.07) is 0. The van der Waals surface area contributed by atoms with Crippen LogP contribution in [0.3, 0.4) is 0 Å². The van der Waals surface area contributed by atoms with E-state index < -0.39 is 36.3 Å². The molecule has 0 amide bonds. The van der Waals surface area contributed by atoms with Crippen LogP contribution >= 0.6 is 0 Å². The van der Waals surface area contributed by atoms with Crippen LogP contribution < -0.4 is 0 Å². The predicted octanol–water partition coefficient (Wildman–Crippen LogP) is -1.79. The summed E-state index contributed by atoms with van der Waals surface area (Å²) in [5.74, 6) is -2.49. The highest BCUT2D eigenvalue weighted by molar-refractivity contribution is 5.89. The molecule has 0 aromatic carbocycles. The largest absolute Gasteiger partial charge is 0.499 e. The summed E-state index contributed by atoms with van der Waals surface area (Å²) in [4.78, 5) is 20.8. The number of ether oxygens (including phenoxy) is 2. The molecule has 0 aliphatic carbocycles. The SMILES string of the molecule is O=COC1=C(O)C(=O)O[C@@H]1[C@@H](O)CO. The molecule has 7 heteroatoms. The Bertz CT molecular complexity index is 282. The van der Waals surface area contributed by atoms with E-state index in [9.17, 15) is 9.59 Å². The molecule has 1 heterocycles. The topological polar surface area (TPSA) is 113 Å². The number of carbonyl (C=O) groups is 2. The maximum Gasteiger partial charge on any atom is 0.378 e.